The maximum atomic E-state index is 5.81. The minimum atomic E-state index is 0.480. The van der Waals surface area contributed by atoms with E-state index in [2.05, 4.69) is 25.7 Å². The zero-order valence-corrected chi connectivity index (χ0v) is 12.6. The highest BCUT2D eigenvalue weighted by molar-refractivity contribution is 7.11. The molecule has 1 fully saturated rings. The highest BCUT2D eigenvalue weighted by Gasteiger charge is 2.19. The molecule has 1 saturated heterocycles. The fourth-order valence-corrected chi connectivity index (χ4v) is 3.85. The van der Waals surface area contributed by atoms with Crippen molar-refractivity contribution in [1.82, 2.24) is 9.88 Å². The maximum absolute atomic E-state index is 5.81. The Morgan fingerprint density at radius 3 is 2.83 bits per heavy atom. The molecule has 1 aliphatic heterocycles. The molecule has 0 radical (unpaired) electrons. The van der Waals surface area contributed by atoms with E-state index >= 15 is 0 Å². The molecule has 1 aromatic heterocycles. The van der Waals surface area contributed by atoms with Gasteiger partial charge in [0.1, 0.15) is 5.01 Å². The summed E-state index contributed by atoms with van der Waals surface area (Å²) in [6.07, 6.45) is 2.70. The van der Waals surface area contributed by atoms with Gasteiger partial charge in [-0.15, -0.1) is 11.3 Å². The highest BCUT2D eigenvalue weighted by Crippen LogP contribution is 2.26. The smallest absolute Gasteiger partial charge is 0.107 e. The fraction of sp³-hybridized carbons (Fsp3) is 0.786. The predicted octanol–water partition coefficient (Wildman–Crippen LogP) is 2.96. The molecule has 0 aromatic carbocycles. The number of hydrogen-bond acceptors (Lipinski definition) is 4. The largest absolute Gasteiger partial charge is 0.326 e. The van der Waals surface area contributed by atoms with Gasteiger partial charge in [-0.05, 0) is 31.2 Å². The quantitative estimate of drug-likeness (QED) is 0.912. The molecule has 0 amide bonds. The van der Waals surface area contributed by atoms with Gasteiger partial charge in [-0.25, -0.2) is 4.98 Å². The molecule has 2 heterocycles. The third kappa shape index (κ3) is 3.31. The van der Waals surface area contributed by atoms with Crippen LogP contribution in [0.2, 0.25) is 0 Å². The Morgan fingerprint density at radius 2 is 2.28 bits per heavy atom. The molecule has 2 rings (SSSR count). The van der Waals surface area contributed by atoms with Crippen LogP contribution in [0.15, 0.2) is 0 Å². The second kappa shape index (κ2) is 6.13. The van der Waals surface area contributed by atoms with E-state index in [1.165, 1.54) is 41.5 Å². The number of nitrogens with two attached hydrogens (primary N) is 1. The van der Waals surface area contributed by atoms with Crippen molar-refractivity contribution >= 4 is 11.3 Å². The van der Waals surface area contributed by atoms with Gasteiger partial charge in [-0.3, -0.25) is 4.90 Å². The Kier molecular flexibility index (Phi) is 4.76. The van der Waals surface area contributed by atoms with Crippen molar-refractivity contribution in [3.8, 4) is 0 Å². The number of nitrogens with zero attached hydrogens (tertiary/aromatic N) is 2. The van der Waals surface area contributed by atoms with Crippen molar-refractivity contribution < 1.29 is 0 Å². The molecule has 1 aliphatic rings. The van der Waals surface area contributed by atoms with Gasteiger partial charge < -0.3 is 5.73 Å². The summed E-state index contributed by atoms with van der Waals surface area (Å²) in [5.74, 6) is 1.31. The van der Waals surface area contributed by atoms with Crippen molar-refractivity contribution in [1.29, 1.82) is 0 Å². The van der Waals surface area contributed by atoms with Crippen LogP contribution in [0.5, 0.6) is 0 Å². The lowest BCUT2D eigenvalue weighted by atomic mass is 10.0. The van der Waals surface area contributed by atoms with Crippen LogP contribution in [0.25, 0.3) is 0 Å². The lowest BCUT2D eigenvalue weighted by molar-refractivity contribution is 0.176. The van der Waals surface area contributed by atoms with Gasteiger partial charge in [0, 0.05) is 18.0 Å². The SMILES string of the molecule is CC1CCCN(Cc2nc(C(C)C)c(CN)s2)C1. The van der Waals surface area contributed by atoms with E-state index in [9.17, 15) is 0 Å². The molecule has 102 valence electrons. The average Bonchev–Trinajstić information content (AvgIpc) is 2.72. The van der Waals surface area contributed by atoms with Crippen LogP contribution in [0, 0.1) is 5.92 Å². The summed E-state index contributed by atoms with van der Waals surface area (Å²) >= 11 is 1.80. The standard InChI is InChI=1S/C14H25N3S/c1-10(2)14-12(7-15)18-13(16-14)9-17-6-4-5-11(3)8-17/h10-11H,4-9,15H2,1-3H3. The predicted molar refractivity (Wildman–Crippen MR) is 77.8 cm³/mol. The van der Waals surface area contributed by atoms with Crippen molar-refractivity contribution in [2.75, 3.05) is 13.1 Å². The molecule has 0 aliphatic carbocycles. The number of piperidine rings is 1. The van der Waals surface area contributed by atoms with Gasteiger partial charge in [-0.2, -0.15) is 0 Å². The summed E-state index contributed by atoms with van der Waals surface area (Å²) in [6.45, 7) is 10.8. The lowest BCUT2D eigenvalue weighted by Crippen LogP contribution is -2.33. The monoisotopic (exact) mass is 267 g/mol. The molecule has 1 aromatic rings. The number of hydrogen-bond donors (Lipinski definition) is 1. The molecule has 1 atom stereocenters. The molecule has 3 nitrogen and oxygen atoms in total. The second-order valence-electron chi connectivity index (χ2n) is 5.76. The molecule has 2 N–H and O–H groups in total. The van der Waals surface area contributed by atoms with Crippen molar-refractivity contribution in [3.63, 3.8) is 0 Å². The van der Waals surface area contributed by atoms with E-state index in [-0.39, 0.29) is 0 Å². The molecule has 0 saturated carbocycles. The van der Waals surface area contributed by atoms with Crippen molar-refractivity contribution in [2.24, 2.45) is 11.7 Å². The third-order valence-corrected chi connectivity index (χ3v) is 4.68. The van der Waals surface area contributed by atoms with Gasteiger partial charge in [0.25, 0.3) is 0 Å². The van der Waals surface area contributed by atoms with E-state index in [0.717, 1.165) is 12.5 Å². The number of likely N-dealkylation sites (tertiary alicyclic amines) is 1. The van der Waals surface area contributed by atoms with Crippen LogP contribution in [0.4, 0.5) is 0 Å². The van der Waals surface area contributed by atoms with E-state index in [0.29, 0.717) is 12.5 Å². The molecule has 0 bridgehead atoms. The molecule has 18 heavy (non-hydrogen) atoms. The van der Waals surface area contributed by atoms with E-state index in [1.54, 1.807) is 11.3 Å². The number of aromatic nitrogens is 1. The Hall–Kier alpha value is -0.450. The third-order valence-electron chi connectivity index (χ3n) is 3.60. The van der Waals surface area contributed by atoms with E-state index < -0.39 is 0 Å². The van der Waals surface area contributed by atoms with Crippen LogP contribution in [0.3, 0.4) is 0 Å². The summed E-state index contributed by atoms with van der Waals surface area (Å²) in [5, 5.41) is 1.24. The van der Waals surface area contributed by atoms with Crippen molar-refractivity contribution in [2.45, 2.75) is 52.6 Å². The second-order valence-corrected chi connectivity index (χ2v) is 6.93. The molecule has 4 heteroatoms. The first-order chi connectivity index (χ1) is 8.60. The van der Waals surface area contributed by atoms with E-state index in [1.807, 2.05) is 0 Å². The van der Waals surface area contributed by atoms with Gasteiger partial charge in [0.2, 0.25) is 0 Å². The van der Waals surface area contributed by atoms with E-state index in [4.69, 9.17) is 10.7 Å². The van der Waals surface area contributed by atoms with Gasteiger partial charge in [-0.1, -0.05) is 20.8 Å². The lowest BCUT2D eigenvalue weighted by Gasteiger charge is -2.29. The van der Waals surface area contributed by atoms with Crippen LogP contribution in [-0.2, 0) is 13.1 Å². The zero-order valence-electron chi connectivity index (χ0n) is 11.8. The van der Waals surface area contributed by atoms with Crippen molar-refractivity contribution in [3.05, 3.63) is 15.6 Å². The topological polar surface area (TPSA) is 42.2 Å². The zero-order chi connectivity index (χ0) is 13.1. The van der Waals surface area contributed by atoms with Gasteiger partial charge in [0.05, 0.1) is 12.2 Å². The molecular weight excluding hydrogens is 242 g/mol. The van der Waals surface area contributed by atoms with Gasteiger partial charge in [0.15, 0.2) is 0 Å². The van der Waals surface area contributed by atoms with Crippen LogP contribution >= 0.6 is 11.3 Å². The first-order valence-electron chi connectivity index (χ1n) is 7.01. The normalized spacial score (nSPS) is 21.7. The molecule has 1 unspecified atom stereocenters. The van der Waals surface area contributed by atoms with Crippen LogP contribution < -0.4 is 5.73 Å². The summed E-state index contributed by atoms with van der Waals surface area (Å²) in [4.78, 5) is 8.60. The first kappa shape index (κ1) is 14.0. The van der Waals surface area contributed by atoms with Crippen LogP contribution in [0.1, 0.15) is 55.1 Å². The molecular formula is C14H25N3S. The maximum Gasteiger partial charge on any atom is 0.107 e. The molecule has 0 spiro atoms. The summed E-state index contributed by atoms with van der Waals surface area (Å²) < 4.78 is 0. The number of rotatable bonds is 4. The van der Waals surface area contributed by atoms with Crippen LogP contribution in [-0.4, -0.2) is 23.0 Å². The minimum absolute atomic E-state index is 0.480. The number of thiazole rings is 1. The summed E-state index contributed by atoms with van der Waals surface area (Å²) in [7, 11) is 0. The highest BCUT2D eigenvalue weighted by atomic mass is 32.1. The Bertz CT molecular complexity index is 386. The summed E-state index contributed by atoms with van der Waals surface area (Å²) in [5.41, 5.74) is 7.02. The Morgan fingerprint density at radius 1 is 1.50 bits per heavy atom. The first-order valence-corrected chi connectivity index (χ1v) is 7.82. The Balaban J connectivity index is 2.04. The summed E-state index contributed by atoms with van der Waals surface area (Å²) in [6, 6.07) is 0. The fourth-order valence-electron chi connectivity index (χ4n) is 2.70. The minimum Gasteiger partial charge on any atom is -0.326 e. The van der Waals surface area contributed by atoms with Gasteiger partial charge >= 0.3 is 0 Å². The average molecular weight is 267 g/mol. The Labute approximate surface area is 114 Å².